The molecule has 0 spiro atoms. The summed E-state index contributed by atoms with van der Waals surface area (Å²) >= 11 is 6.24. The number of aromatic nitrogens is 2. The minimum Gasteiger partial charge on any atom is -0.378 e. The van der Waals surface area contributed by atoms with Crippen molar-refractivity contribution in [3.63, 3.8) is 0 Å². The van der Waals surface area contributed by atoms with Gasteiger partial charge in [0.15, 0.2) is 5.69 Å². The van der Waals surface area contributed by atoms with Crippen molar-refractivity contribution in [3.05, 3.63) is 86.8 Å². The molecule has 0 atom stereocenters. The van der Waals surface area contributed by atoms with Gasteiger partial charge >= 0.3 is 0 Å². The van der Waals surface area contributed by atoms with E-state index in [1.807, 2.05) is 49.3 Å². The number of rotatable bonds is 5. The standard InChI is InChI=1S/C21H21ClN4O2/c1-14-12-19(27)20(24-26(14)18-7-5-4-6-17(18)22)21(28)23-13-15-8-10-16(11-9-15)25(2)3/h4-12H,13H2,1-3H3,(H,23,28). The number of para-hydroxylation sites is 1. The molecule has 3 aromatic rings. The molecule has 1 heterocycles. The average Bonchev–Trinajstić information content (AvgIpc) is 2.67. The van der Waals surface area contributed by atoms with Crippen molar-refractivity contribution < 1.29 is 4.79 Å². The van der Waals surface area contributed by atoms with Crippen molar-refractivity contribution in [2.45, 2.75) is 13.5 Å². The molecule has 0 bridgehead atoms. The molecule has 6 nitrogen and oxygen atoms in total. The third kappa shape index (κ3) is 4.23. The maximum absolute atomic E-state index is 12.6. The summed E-state index contributed by atoms with van der Waals surface area (Å²) in [5.74, 6) is -0.525. The highest BCUT2D eigenvalue weighted by atomic mass is 35.5. The van der Waals surface area contributed by atoms with Gasteiger partial charge in [-0.1, -0.05) is 35.9 Å². The Labute approximate surface area is 168 Å². The van der Waals surface area contributed by atoms with Gasteiger partial charge < -0.3 is 10.2 Å². The highest BCUT2D eigenvalue weighted by molar-refractivity contribution is 6.32. The third-order valence-electron chi connectivity index (χ3n) is 4.31. The van der Waals surface area contributed by atoms with E-state index in [-0.39, 0.29) is 5.69 Å². The Morgan fingerprint density at radius 1 is 1.14 bits per heavy atom. The minimum atomic E-state index is -0.525. The van der Waals surface area contributed by atoms with E-state index in [2.05, 4.69) is 10.4 Å². The molecule has 0 radical (unpaired) electrons. The molecule has 0 aliphatic rings. The molecule has 0 aliphatic carbocycles. The van der Waals surface area contributed by atoms with Gasteiger partial charge in [-0.3, -0.25) is 9.59 Å². The van der Waals surface area contributed by atoms with Crippen LogP contribution in [0, 0.1) is 6.92 Å². The summed E-state index contributed by atoms with van der Waals surface area (Å²) in [6.07, 6.45) is 0. The number of hydrogen-bond donors (Lipinski definition) is 1. The second-order valence-electron chi connectivity index (χ2n) is 6.61. The summed E-state index contributed by atoms with van der Waals surface area (Å²) in [4.78, 5) is 26.9. The highest BCUT2D eigenvalue weighted by Gasteiger charge is 2.16. The normalized spacial score (nSPS) is 10.6. The molecule has 0 aliphatic heterocycles. The first-order valence-corrected chi connectivity index (χ1v) is 9.15. The lowest BCUT2D eigenvalue weighted by Gasteiger charge is -2.13. The number of anilines is 1. The summed E-state index contributed by atoms with van der Waals surface area (Å²) in [7, 11) is 3.92. The average molecular weight is 397 g/mol. The molecule has 1 aromatic heterocycles. The number of nitrogens with zero attached hydrogens (tertiary/aromatic N) is 3. The van der Waals surface area contributed by atoms with Gasteiger partial charge in [-0.15, -0.1) is 0 Å². The van der Waals surface area contributed by atoms with E-state index in [9.17, 15) is 9.59 Å². The lowest BCUT2D eigenvalue weighted by molar-refractivity contribution is 0.0943. The van der Waals surface area contributed by atoms with Crippen LogP contribution in [0.15, 0.2) is 59.4 Å². The maximum Gasteiger partial charge on any atom is 0.276 e. The van der Waals surface area contributed by atoms with Crippen LogP contribution in [0.2, 0.25) is 5.02 Å². The van der Waals surface area contributed by atoms with Crippen molar-refractivity contribution >= 4 is 23.2 Å². The van der Waals surface area contributed by atoms with Crippen LogP contribution in [0.5, 0.6) is 0 Å². The predicted octanol–water partition coefficient (Wildman–Crippen LogP) is 3.19. The SMILES string of the molecule is Cc1cc(=O)c(C(=O)NCc2ccc(N(C)C)cc2)nn1-c1ccccc1Cl. The number of benzene rings is 2. The van der Waals surface area contributed by atoms with E-state index in [4.69, 9.17) is 11.6 Å². The fourth-order valence-corrected chi connectivity index (χ4v) is 2.97. The Balaban J connectivity index is 1.83. The molecule has 144 valence electrons. The number of aryl methyl sites for hydroxylation is 1. The van der Waals surface area contributed by atoms with Gasteiger partial charge in [-0.2, -0.15) is 5.10 Å². The van der Waals surface area contributed by atoms with Crippen molar-refractivity contribution in [2.24, 2.45) is 0 Å². The second-order valence-corrected chi connectivity index (χ2v) is 7.01. The molecule has 1 N–H and O–H groups in total. The monoisotopic (exact) mass is 396 g/mol. The third-order valence-corrected chi connectivity index (χ3v) is 4.63. The smallest absolute Gasteiger partial charge is 0.276 e. The zero-order chi connectivity index (χ0) is 20.3. The quantitative estimate of drug-likeness (QED) is 0.719. The van der Waals surface area contributed by atoms with Gasteiger partial charge in [0.05, 0.1) is 10.7 Å². The molecule has 7 heteroatoms. The molecule has 0 unspecified atom stereocenters. The number of amides is 1. The van der Waals surface area contributed by atoms with Crippen LogP contribution in [0.4, 0.5) is 5.69 Å². The first-order chi connectivity index (χ1) is 13.4. The Kier molecular flexibility index (Phi) is 5.80. The molecule has 2 aromatic carbocycles. The van der Waals surface area contributed by atoms with Crippen LogP contribution in [-0.4, -0.2) is 29.8 Å². The second kappa shape index (κ2) is 8.27. The van der Waals surface area contributed by atoms with Gasteiger partial charge in [0, 0.05) is 38.1 Å². The first kappa shape index (κ1) is 19.6. The van der Waals surface area contributed by atoms with Crippen LogP contribution in [0.3, 0.4) is 0 Å². The Morgan fingerprint density at radius 3 is 2.46 bits per heavy atom. The van der Waals surface area contributed by atoms with Crippen molar-refractivity contribution in [3.8, 4) is 5.69 Å². The van der Waals surface area contributed by atoms with E-state index >= 15 is 0 Å². The van der Waals surface area contributed by atoms with E-state index < -0.39 is 11.3 Å². The highest BCUT2D eigenvalue weighted by Crippen LogP contribution is 2.19. The summed E-state index contributed by atoms with van der Waals surface area (Å²) in [5.41, 5.74) is 2.59. The number of carbonyl (C=O) groups is 1. The van der Waals surface area contributed by atoms with Crippen LogP contribution < -0.4 is 15.6 Å². The van der Waals surface area contributed by atoms with Crippen LogP contribution >= 0.6 is 11.6 Å². The minimum absolute atomic E-state index is 0.171. The molecule has 1 amide bonds. The molecular weight excluding hydrogens is 376 g/mol. The van der Waals surface area contributed by atoms with E-state index in [1.54, 1.807) is 25.1 Å². The zero-order valence-electron chi connectivity index (χ0n) is 15.9. The summed E-state index contributed by atoms with van der Waals surface area (Å²) in [6.45, 7) is 2.04. The Hall–Kier alpha value is -3.12. The number of hydrogen-bond acceptors (Lipinski definition) is 4. The number of nitrogens with one attached hydrogen (secondary N) is 1. The van der Waals surface area contributed by atoms with E-state index in [0.29, 0.717) is 22.9 Å². The largest absolute Gasteiger partial charge is 0.378 e. The molecule has 28 heavy (non-hydrogen) atoms. The summed E-state index contributed by atoms with van der Waals surface area (Å²) in [6, 6.07) is 16.3. The van der Waals surface area contributed by atoms with Crippen LogP contribution in [0.1, 0.15) is 21.7 Å². The van der Waals surface area contributed by atoms with Crippen molar-refractivity contribution in [1.29, 1.82) is 0 Å². The fraction of sp³-hybridized carbons (Fsp3) is 0.190. The predicted molar refractivity (Wildman–Crippen MR) is 112 cm³/mol. The van der Waals surface area contributed by atoms with Gasteiger partial charge in [-0.25, -0.2) is 4.68 Å². The lowest BCUT2D eigenvalue weighted by atomic mass is 10.2. The Bertz CT molecular complexity index is 1060. The van der Waals surface area contributed by atoms with Crippen LogP contribution in [-0.2, 0) is 6.54 Å². The summed E-state index contributed by atoms with van der Waals surface area (Å²) in [5, 5.41) is 7.49. The number of carbonyl (C=O) groups excluding carboxylic acids is 1. The molecule has 3 rings (SSSR count). The Morgan fingerprint density at radius 2 is 1.82 bits per heavy atom. The first-order valence-electron chi connectivity index (χ1n) is 8.77. The lowest BCUT2D eigenvalue weighted by Crippen LogP contribution is -2.31. The topological polar surface area (TPSA) is 67.2 Å². The number of halogens is 1. The zero-order valence-corrected chi connectivity index (χ0v) is 16.7. The van der Waals surface area contributed by atoms with Gasteiger partial charge in [0.2, 0.25) is 5.43 Å². The van der Waals surface area contributed by atoms with Crippen LogP contribution in [0.25, 0.3) is 5.69 Å². The molecule has 0 saturated heterocycles. The molecular formula is C21H21ClN4O2. The fourth-order valence-electron chi connectivity index (χ4n) is 2.75. The molecule has 0 fully saturated rings. The van der Waals surface area contributed by atoms with Gasteiger partial charge in [0.1, 0.15) is 0 Å². The van der Waals surface area contributed by atoms with E-state index in [1.165, 1.54) is 10.7 Å². The van der Waals surface area contributed by atoms with Gasteiger partial charge in [0.25, 0.3) is 5.91 Å². The van der Waals surface area contributed by atoms with Gasteiger partial charge in [-0.05, 0) is 36.8 Å². The maximum atomic E-state index is 12.6. The molecule has 0 saturated carbocycles. The van der Waals surface area contributed by atoms with Crippen molar-refractivity contribution in [2.75, 3.05) is 19.0 Å². The summed E-state index contributed by atoms with van der Waals surface area (Å²) < 4.78 is 1.50. The van der Waals surface area contributed by atoms with Crippen molar-refractivity contribution in [1.82, 2.24) is 15.1 Å². The van der Waals surface area contributed by atoms with E-state index in [0.717, 1.165) is 11.3 Å².